The highest BCUT2D eigenvalue weighted by Crippen LogP contribution is 2.13. The van der Waals surface area contributed by atoms with Crippen LogP contribution in [0.25, 0.3) is 0 Å². The van der Waals surface area contributed by atoms with Gasteiger partial charge in [0.2, 0.25) is 5.91 Å². The summed E-state index contributed by atoms with van der Waals surface area (Å²) in [6, 6.07) is -1.24. The van der Waals surface area contributed by atoms with E-state index in [9.17, 15) is 28.0 Å². The average Bonchev–Trinajstić information content (AvgIpc) is 2.94. The van der Waals surface area contributed by atoms with Gasteiger partial charge in [-0.1, -0.05) is 154 Å². The van der Waals surface area contributed by atoms with Crippen LogP contribution in [0.15, 0.2) is 24.3 Å². The third kappa shape index (κ3) is 27.6. The molecule has 0 aromatic carbocycles. The molecular formula is C34H65NO6S. The van der Waals surface area contributed by atoms with Crippen molar-refractivity contribution in [2.24, 2.45) is 0 Å². The number of unbranched alkanes of at least 4 members (excludes halogenated alkanes) is 19. The zero-order valence-electron chi connectivity index (χ0n) is 27.0. The van der Waals surface area contributed by atoms with E-state index < -0.39 is 40.0 Å². The van der Waals surface area contributed by atoms with Gasteiger partial charge in [0.05, 0.1) is 17.9 Å². The fraction of sp³-hybridized carbons (Fsp3) is 0.853. The Hall–Kier alpha value is -1.22. The summed E-state index contributed by atoms with van der Waals surface area (Å²) < 4.78 is 32.3. The second-order valence-electron chi connectivity index (χ2n) is 11.9. The lowest BCUT2D eigenvalue weighted by Crippen LogP contribution is -2.50. The van der Waals surface area contributed by atoms with E-state index in [-0.39, 0.29) is 6.42 Å². The Kier molecular flexibility index (Phi) is 27.7. The maximum atomic E-state index is 12.5. The van der Waals surface area contributed by atoms with Crippen LogP contribution in [0.4, 0.5) is 0 Å². The van der Waals surface area contributed by atoms with E-state index in [0.717, 1.165) is 32.1 Å². The van der Waals surface area contributed by atoms with E-state index in [0.29, 0.717) is 12.8 Å². The first-order valence-corrected chi connectivity index (χ1v) is 18.8. The van der Waals surface area contributed by atoms with Crippen LogP contribution >= 0.6 is 0 Å². The zero-order valence-corrected chi connectivity index (χ0v) is 27.8. The standard InChI is InChI=1S/C34H65NO6S/c1-3-5-7-9-11-13-14-15-16-17-18-19-21-22-24-26-28-32(36)31(30-42(39,40)41)35-34(38)33(37)29-27-25-23-20-12-10-8-6-4-2/h19,21,26,28,31-33,36-37H,3-18,20,22-25,27,29-30H2,1-2H3,(H,35,38)(H,39,40,41)/b21-19+,28-26+. The van der Waals surface area contributed by atoms with Crippen molar-refractivity contribution in [1.82, 2.24) is 5.32 Å². The molecule has 248 valence electrons. The Morgan fingerprint density at radius 2 is 1.07 bits per heavy atom. The van der Waals surface area contributed by atoms with Crippen molar-refractivity contribution in [2.75, 3.05) is 5.75 Å². The van der Waals surface area contributed by atoms with Gasteiger partial charge in [0.25, 0.3) is 10.1 Å². The van der Waals surface area contributed by atoms with Gasteiger partial charge in [-0.25, -0.2) is 0 Å². The second kappa shape index (κ2) is 28.5. The minimum atomic E-state index is -4.44. The summed E-state index contributed by atoms with van der Waals surface area (Å²) in [6.07, 6.45) is 31.0. The smallest absolute Gasteiger partial charge is 0.267 e. The molecule has 0 heterocycles. The van der Waals surface area contributed by atoms with Crippen LogP contribution in [0.2, 0.25) is 0 Å². The van der Waals surface area contributed by atoms with Crippen LogP contribution in [0.5, 0.6) is 0 Å². The predicted octanol–water partition coefficient (Wildman–Crippen LogP) is 8.21. The number of allylic oxidation sites excluding steroid dienone is 3. The number of hydrogen-bond acceptors (Lipinski definition) is 5. The first-order chi connectivity index (χ1) is 20.2. The van der Waals surface area contributed by atoms with Crippen LogP contribution in [0, 0.1) is 0 Å². The van der Waals surface area contributed by atoms with Crippen LogP contribution in [-0.2, 0) is 14.9 Å². The molecule has 7 nitrogen and oxygen atoms in total. The second-order valence-corrected chi connectivity index (χ2v) is 13.4. The molecule has 8 heteroatoms. The average molecular weight is 616 g/mol. The summed E-state index contributed by atoms with van der Waals surface area (Å²) in [5.41, 5.74) is 0. The molecule has 0 aliphatic heterocycles. The third-order valence-corrected chi connectivity index (χ3v) is 8.52. The number of nitrogens with one attached hydrogen (secondary N) is 1. The lowest BCUT2D eigenvalue weighted by atomic mass is 10.0. The van der Waals surface area contributed by atoms with Crippen LogP contribution in [-0.4, -0.2) is 53.1 Å². The normalized spacial score (nSPS) is 14.5. The molecule has 3 unspecified atom stereocenters. The highest BCUT2D eigenvalue weighted by atomic mass is 32.2. The summed E-state index contributed by atoms with van der Waals surface area (Å²) >= 11 is 0. The van der Waals surface area contributed by atoms with Crippen molar-refractivity contribution in [3.8, 4) is 0 Å². The van der Waals surface area contributed by atoms with Crippen LogP contribution < -0.4 is 5.32 Å². The molecule has 0 radical (unpaired) electrons. The molecule has 0 fully saturated rings. The molecule has 0 rings (SSSR count). The van der Waals surface area contributed by atoms with E-state index in [1.807, 2.05) is 0 Å². The molecule has 0 bridgehead atoms. The Balaban J connectivity index is 4.21. The van der Waals surface area contributed by atoms with Crippen molar-refractivity contribution in [3.63, 3.8) is 0 Å². The lowest BCUT2D eigenvalue weighted by Gasteiger charge is -2.22. The number of aliphatic hydroxyl groups excluding tert-OH is 2. The van der Waals surface area contributed by atoms with Crippen molar-refractivity contribution in [1.29, 1.82) is 0 Å². The quantitative estimate of drug-likeness (QED) is 0.0367. The summed E-state index contributed by atoms with van der Waals surface area (Å²) in [5, 5.41) is 23.1. The van der Waals surface area contributed by atoms with E-state index in [4.69, 9.17) is 0 Å². The van der Waals surface area contributed by atoms with Gasteiger partial charge in [0.15, 0.2) is 0 Å². The van der Waals surface area contributed by atoms with Crippen molar-refractivity contribution in [3.05, 3.63) is 24.3 Å². The first-order valence-electron chi connectivity index (χ1n) is 17.1. The van der Waals surface area contributed by atoms with Crippen LogP contribution in [0.1, 0.15) is 162 Å². The minimum absolute atomic E-state index is 0.275. The number of carbonyl (C=O) groups is 1. The number of carbonyl (C=O) groups excluding carboxylic acids is 1. The number of rotatable bonds is 30. The molecule has 0 saturated heterocycles. The fourth-order valence-corrected chi connectivity index (χ4v) is 5.79. The lowest BCUT2D eigenvalue weighted by molar-refractivity contribution is -0.130. The van der Waals surface area contributed by atoms with Gasteiger partial charge in [0.1, 0.15) is 6.10 Å². The molecule has 3 atom stereocenters. The zero-order chi connectivity index (χ0) is 31.3. The Morgan fingerprint density at radius 3 is 1.57 bits per heavy atom. The maximum absolute atomic E-state index is 12.5. The molecule has 4 N–H and O–H groups in total. The van der Waals surface area contributed by atoms with Crippen molar-refractivity contribution < 1.29 is 28.0 Å². The van der Waals surface area contributed by atoms with Crippen molar-refractivity contribution in [2.45, 2.75) is 180 Å². The summed E-state index contributed by atoms with van der Waals surface area (Å²) in [4.78, 5) is 12.5. The molecule has 42 heavy (non-hydrogen) atoms. The van der Waals surface area contributed by atoms with E-state index in [2.05, 4.69) is 31.3 Å². The fourth-order valence-electron chi connectivity index (χ4n) is 5.06. The molecule has 0 saturated carbocycles. The minimum Gasteiger partial charge on any atom is -0.387 e. The Bertz CT molecular complexity index is 783. The van der Waals surface area contributed by atoms with Gasteiger partial charge in [-0.3, -0.25) is 9.35 Å². The molecule has 0 aromatic heterocycles. The molecule has 0 aliphatic carbocycles. The molecule has 1 amide bonds. The molecule has 0 aromatic rings. The topological polar surface area (TPSA) is 124 Å². The summed E-state index contributed by atoms with van der Waals surface area (Å²) in [7, 11) is -4.44. The highest BCUT2D eigenvalue weighted by Gasteiger charge is 2.27. The highest BCUT2D eigenvalue weighted by molar-refractivity contribution is 7.85. The number of aliphatic hydroxyl groups is 2. The van der Waals surface area contributed by atoms with E-state index in [1.54, 1.807) is 6.08 Å². The predicted molar refractivity (Wildman–Crippen MR) is 176 cm³/mol. The third-order valence-electron chi connectivity index (χ3n) is 7.74. The van der Waals surface area contributed by atoms with Gasteiger partial charge < -0.3 is 15.5 Å². The number of hydrogen-bond donors (Lipinski definition) is 4. The van der Waals surface area contributed by atoms with Gasteiger partial charge in [-0.2, -0.15) is 8.42 Å². The van der Waals surface area contributed by atoms with E-state index in [1.165, 1.54) is 102 Å². The SMILES string of the molecule is CCCCCCCCCCCC/C=C/CC/C=C/C(O)C(CS(=O)(=O)O)NC(=O)C(O)CCCCCCCCCCC. The molecular weight excluding hydrogens is 550 g/mol. The number of amides is 1. The van der Waals surface area contributed by atoms with Gasteiger partial charge in [0, 0.05) is 0 Å². The molecule has 0 aliphatic rings. The van der Waals surface area contributed by atoms with Crippen molar-refractivity contribution >= 4 is 16.0 Å². The summed E-state index contributed by atoms with van der Waals surface area (Å²) in [5.74, 6) is -1.56. The first kappa shape index (κ1) is 40.8. The van der Waals surface area contributed by atoms with Gasteiger partial charge >= 0.3 is 0 Å². The van der Waals surface area contributed by atoms with Gasteiger partial charge in [-0.05, 0) is 32.1 Å². The van der Waals surface area contributed by atoms with Gasteiger partial charge in [-0.15, -0.1) is 0 Å². The largest absolute Gasteiger partial charge is 0.387 e. The monoisotopic (exact) mass is 615 g/mol. The van der Waals surface area contributed by atoms with E-state index >= 15 is 0 Å². The Morgan fingerprint density at radius 1 is 0.643 bits per heavy atom. The molecule has 0 spiro atoms. The Labute approximate surface area is 258 Å². The van der Waals surface area contributed by atoms with Crippen LogP contribution in [0.3, 0.4) is 0 Å². The summed E-state index contributed by atoms with van der Waals surface area (Å²) in [6.45, 7) is 4.45. The maximum Gasteiger partial charge on any atom is 0.267 e.